The number of aromatic nitrogens is 1. The lowest BCUT2D eigenvalue weighted by Gasteiger charge is -2.18. The monoisotopic (exact) mass is 429 g/mol. The first-order chi connectivity index (χ1) is 14.2. The van der Waals surface area contributed by atoms with Gasteiger partial charge in [0.25, 0.3) is 5.56 Å². The van der Waals surface area contributed by atoms with Crippen LogP contribution in [0.4, 0.5) is 5.69 Å². The van der Waals surface area contributed by atoms with Gasteiger partial charge in [-0.2, -0.15) is 5.26 Å². The van der Waals surface area contributed by atoms with Gasteiger partial charge in [0, 0.05) is 6.21 Å². The number of benzene rings is 1. The van der Waals surface area contributed by atoms with E-state index in [1.165, 1.54) is 32.4 Å². The van der Waals surface area contributed by atoms with E-state index < -0.39 is 33.3 Å². The maximum Gasteiger partial charge on any atom is 0.337 e. The van der Waals surface area contributed by atoms with Crippen molar-refractivity contribution in [3.63, 3.8) is 0 Å². The Bertz CT molecular complexity index is 1240. The number of nitrogens with zero attached hydrogens (tertiary/aromatic N) is 3. The normalized spacial score (nSPS) is 17.7. The van der Waals surface area contributed by atoms with Crippen molar-refractivity contribution in [2.24, 2.45) is 4.99 Å². The van der Waals surface area contributed by atoms with Crippen LogP contribution in [0.15, 0.2) is 34.1 Å². The summed E-state index contributed by atoms with van der Waals surface area (Å²) in [6.45, 7) is 1.51. The fourth-order valence-electron chi connectivity index (χ4n) is 3.35. The first-order valence-electron chi connectivity index (χ1n) is 8.99. The van der Waals surface area contributed by atoms with Gasteiger partial charge in [0.05, 0.1) is 41.5 Å². The topological polar surface area (TPSA) is 139 Å². The number of nitriles is 1. The number of hydrogen-bond acceptors (Lipinski definition) is 8. The van der Waals surface area contributed by atoms with Crippen molar-refractivity contribution in [3.05, 3.63) is 56.9 Å². The second-order valence-electron chi connectivity index (χ2n) is 6.88. The second kappa shape index (κ2) is 8.12. The van der Waals surface area contributed by atoms with E-state index in [4.69, 9.17) is 0 Å². The number of methoxy groups -OCH3 is 1. The van der Waals surface area contributed by atoms with E-state index in [9.17, 15) is 28.4 Å². The highest BCUT2D eigenvalue weighted by Gasteiger charge is 2.33. The van der Waals surface area contributed by atoms with Crippen LogP contribution in [0, 0.1) is 18.3 Å². The SMILES string of the molecule is COC(=O)c1ccc(N=Cc2c(C)c(C#N)c(=O)n([C@H]3CCS(=O)(=O)C3)c2O)cc1. The quantitative estimate of drug-likeness (QED) is 0.575. The minimum Gasteiger partial charge on any atom is -0.494 e. The summed E-state index contributed by atoms with van der Waals surface area (Å²) in [5, 5.41) is 20.2. The zero-order valence-corrected chi connectivity index (χ0v) is 17.1. The van der Waals surface area contributed by atoms with Crippen LogP contribution in [-0.2, 0) is 14.6 Å². The average molecular weight is 429 g/mol. The smallest absolute Gasteiger partial charge is 0.337 e. The molecule has 1 aromatic carbocycles. The maximum atomic E-state index is 12.7. The van der Waals surface area contributed by atoms with Crippen molar-refractivity contribution < 1.29 is 23.1 Å². The fraction of sp³-hybridized carbons (Fsp3) is 0.300. The van der Waals surface area contributed by atoms with Crippen LogP contribution >= 0.6 is 0 Å². The number of pyridine rings is 1. The van der Waals surface area contributed by atoms with Crippen LogP contribution in [0.2, 0.25) is 0 Å². The minimum atomic E-state index is -3.31. The number of carbonyl (C=O) groups is 1. The number of aliphatic imine (C=N–C) groups is 1. The zero-order chi connectivity index (χ0) is 22.1. The predicted molar refractivity (Wildman–Crippen MR) is 109 cm³/mol. The van der Waals surface area contributed by atoms with Gasteiger partial charge in [-0.05, 0) is 43.2 Å². The highest BCUT2D eigenvalue weighted by Crippen LogP contribution is 2.29. The Morgan fingerprint density at radius 1 is 1.37 bits per heavy atom. The van der Waals surface area contributed by atoms with Crippen LogP contribution in [-0.4, -0.2) is 48.9 Å². The highest BCUT2D eigenvalue weighted by molar-refractivity contribution is 7.91. The third kappa shape index (κ3) is 3.97. The molecule has 1 N–H and O–H groups in total. The summed E-state index contributed by atoms with van der Waals surface area (Å²) in [5.41, 5.74) is 0.285. The summed E-state index contributed by atoms with van der Waals surface area (Å²) in [6.07, 6.45) is 1.48. The summed E-state index contributed by atoms with van der Waals surface area (Å²) in [7, 11) is -2.04. The standard InChI is InChI=1S/C20H19N3O6S/c1-12-16(9-21)18(24)23(15-7-8-30(27,28)11-15)19(25)17(12)10-22-14-5-3-13(4-6-14)20(26)29-2/h3-6,10,15,25H,7-8,11H2,1-2H3/t15-/m0/s1. The molecule has 0 saturated carbocycles. The van der Waals surface area contributed by atoms with Gasteiger partial charge in [-0.1, -0.05) is 0 Å². The van der Waals surface area contributed by atoms with E-state index in [2.05, 4.69) is 9.73 Å². The second-order valence-corrected chi connectivity index (χ2v) is 9.11. The van der Waals surface area contributed by atoms with E-state index in [1.54, 1.807) is 12.1 Å². The zero-order valence-electron chi connectivity index (χ0n) is 16.3. The lowest BCUT2D eigenvalue weighted by Crippen LogP contribution is -2.29. The summed E-state index contributed by atoms with van der Waals surface area (Å²) < 4.78 is 29.3. The Hall–Kier alpha value is -3.45. The van der Waals surface area contributed by atoms with Crippen LogP contribution < -0.4 is 5.56 Å². The lowest BCUT2D eigenvalue weighted by atomic mass is 10.0. The van der Waals surface area contributed by atoms with E-state index in [1.807, 2.05) is 6.07 Å². The van der Waals surface area contributed by atoms with Crippen LogP contribution in [0.3, 0.4) is 0 Å². The average Bonchev–Trinajstić information content (AvgIpc) is 3.07. The Morgan fingerprint density at radius 3 is 2.57 bits per heavy atom. The first kappa shape index (κ1) is 21.3. The molecule has 1 saturated heterocycles. The molecule has 10 heteroatoms. The van der Waals surface area contributed by atoms with Crippen molar-refractivity contribution in [2.75, 3.05) is 18.6 Å². The number of aromatic hydroxyl groups is 1. The molecule has 0 aliphatic carbocycles. The van der Waals surface area contributed by atoms with E-state index in [-0.39, 0.29) is 34.6 Å². The number of carbonyl (C=O) groups excluding carboxylic acids is 1. The van der Waals surface area contributed by atoms with Gasteiger partial charge in [0.15, 0.2) is 9.84 Å². The Labute approximate surface area is 172 Å². The molecular formula is C20H19N3O6S. The molecule has 0 radical (unpaired) electrons. The predicted octanol–water partition coefficient (Wildman–Crippen LogP) is 1.63. The lowest BCUT2D eigenvalue weighted by molar-refractivity contribution is 0.0600. The molecule has 1 aliphatic heterocycles. The first-order valence-corrected chi connectivity index (χ1v) is 10.8. The van der Waals surface area contributed by atoms with E-state index in [0.29, 0.717) is 11.3 Å². The molecule has 3 rings (SSSR count). The summed E-state index contributed by atoms with van der Waals surface area (Å²) in [4.78, 5) is 28.4. The molecule has 156 valence electrons. The third-order valence-corrected chi connectivity index (χ3v) is 6.75. The number of rotatable bonds is 4. The van der Waals surface area contributed by atoms with Gasteiger partial charge in [-0.3, -0.25) is 14.4 Å². The molecule has 1 aromatic heterocycles. The molecule has 1 atom stereocenters. The fourth-order valence-corrected chi connectivity index (χ4v) is 5.05. The number of sulfone groups is 1. The van der Waals surface area contributed by atoms with Crippen molar-refractivity contribution >= 4 is 27.7 Å². The molecule has 2 heterocycles. The third-order valence-electron chi connectivity index (χ3n) is 5.00. The molecular weight excluding hydrogens is 410 g/mol. The molecule has 0 bridgehead atoms. The van der Waals surface area contributed by atoms with Gasteiger partial charge in [-0.25, -0.2) is 13.2 Å². The van der Waals surface area contributed by atoms with Crippen LogP contribution in [0.5, 0.6) is 5.88 Å². The number of ether oxygens (including phenoxy) is 1. The Morgan fingerprint density at radius 2 is 2.03 bits per heavy atom. The van der Waals surface area contributed by atoms with Gasteiger partial charge in [-0.15, -0.1) is 0 Å². The van der Waals surface area contributed by atoms with Gasteiger partial charge >= 0.3 is 5.97 Å². The molecule has 30 heavy (non-hydrogen) atoms. The van der Waals surface area contributed by atoms with Gasteiger partial charge < -0.3 is 9.84 Å². The Kier molecular flexibility index (Phi) is 5.75. The minimum absolute atomic E-state index is 0.0880. The maximum absolute atomic E-state index is 12.7. The number of hydrogen-bond donors (Lipinski definition) is 1. The molecule has 9 nitrogen and oxygen atoms in total. The van der Waals surface area contributed by atoms with Crippen molar-refractivity contribution in [3.8, 4) is 11.9 Å². The van der Waals surface area contributed by atoms with E-state index >= 15 is 0 Å². The van der Waals surface area contributed by atoms with Gasteiger partial charge in [0.2, 0.25) is 5.88 Å². The van der Waals surface area contributed by atoms with Crippen molar-refractivity contribution in [2.45, 2.75) is 19.4 Å². The molecule has 0 spiro atoms. The van der Waals surface area contributed by atoms with E-state index in [0.717, 1.165) is 4.57 Å². The molecule has 0 unspecified atom stereocenters. The van der Waals surface area contributed by atoms with Gasteiger partial charge in [0.1, 0.15) is 11.6 Å². The molecule has 1 aliphatic rings. The summed E-state index contributed by atoms with van der Waals surface area (Å²) in [5.74, 6) is -1.29. The summed E-state index contributed by atoms with van der Waals surface area (Å²) >= 11 is 0. The number of esters is 1. The van der Waals surface area contributed by atoms with Crippen LogP contribution in [0.1, 0.15) is 39.5 Å². The largest absolute Gasteiger partial charge is 0.494 e. The summed E-state index contributed by atoms with van der Waals surface area (Å²) in [6, 6.07) is 7.27. The van der Waals surface area contributed by atoms with Crippen molar-refractivity contribution in [1.82, 2.24) is 4.57 Å². The molecule has 1 fully saturated rings. The van der Waals surface area contributed by atoms with Crippen molar-refractivity contribution in [1.29, 1.82) is 5.26 Å². The molecule has 2 aromatic rings. The Balaban J connectivity index is 2.05. The van der Waals surface area contributed by atoms with Crippen LogP contribution in [0.25, 0.3) is 0 Å². The highest BCUT2D eigenvalue weighted by atomic mass is 32.2. The molecule has 0 amide bonds.